The van der Waals surface area contributed by atoms with Gasteiger partial charge in [-0.15, -0.1) is 0 Å². The molecule has 1 aliphatic carbocycles. The molecule has 4 heteroatoms. The van der Waals surface area contributed by atoms with Crippen molar-refractivity contribution in [1.82, 2.24) is 9.78 Å². The van der Waals surface area contributed by atoms with E-state index in [9.17, 15) is 4.39 Å². The Kier molecular flexibility index (Phi) is 2.88. The standard InChI is InChI=1S/C14H16FN3/c15-12-6-2-1-4-10(12)9-18-14-7-3-5-11(14)13(8-16)17-18/h1-2,4,6H,3,5,7-9,16H2. The molecule has 18 heavy (non-hydrogen) atoms. The summed E-state index contributed by atoms with van der Waals surface area (Å²) in [4.78, 5) is 0. The second-order valence-electron chi connectivity index (χ2n) is 4.68. The average molecular weight is 245 g/mol. The van der Waals surface area contributed by atoms with Crippen molar-refractivity contribution in [2.45, 2.75) is 32.4 Å². The Hall–Kier alpha value is -1.68. The van der Waals surface area contributed by atoms with E-state index in [1.54, 1.807) is 12.1 Å². The fourth-order valence-electron chi connectivity index (χ4n) is 2.67. The topological polar surface area (TPSA) is 43.8 Å². The van der Waals surface area contributed by atoms with Gasteiger partial charge in [0.1, 0.15) is 5.82 Å². The van der Waals surface area contributed by atoms with Gasteiger partial charge >= 0.3 is 0 Å². The first-order valence-electron chi connectivity index (χ1n) is 6.30. The first-order chi connectivity index (χ1) is 8.79. The van der Waals surface area contributed by atoms with E-state index in [4.69, 9.17) is 5.73 Å². The zero-order valence-electron chi connectivity index (χ0n) is 10.2. The van der Waals surface area contributed by atoms with Crippen LogP contribution in [0.25, 0.3) is 0 Å². The van der Waals surface area contributed by atoms with E-state index < -0.39 is 0 Å². The molecule has 2 N–H and O–H groups in total. The molecular weight excluding hydrogens is 229 g/mol. The molecule has 0 spiro atoms. The molecule has 0 atom stereocenters. The molecule has 3 nitrogen and oxygen atoms in total. The molecule has 1 aromatic heterocycles. The number of halogens is 1. The number of nitrogens with zero attached hydrogens (tertiary/aromatic N) is 2. The highest BCUT2D eigenvalue weighted by molar-refractivity contribution is 5.31. The van der Waals surface area contributed by atoms with Crippen molar-refractivity contribution in [2.75, 3.05) is 0 Å². The monoisotopic (exact) mass is 245 g/mol. The van der Waals surface area contributed by atoms with Gasteiger partial charge in [0.2, 0.25) is 0 Å². The smallest absolute Gasteiger partial charge is 0.128 e. The molecule has 0 saturated carbocycles. The number of rotatable bonds is 3. The zero-order valence-corrected chi connectivity index (χ0v) is 10.2. The third kappa shape index (κ3) is 1.82. The second kappa shape index (κ2) is 4.53. The Balaban J connectivity index is 1.96. The molecule has 94 valence electrons. The van der Waals surface area contributed by atoms with E-state index in [0.717, 1.165) is 25.0 Å². The van der Waals surface area contributed by atoms with Gasteiger partial charge in [0.15, 0.2) is 0 Å². The van der Waals surface area contributed by atoms with Crippen molar-refractivity contribution in [2.24, 2.45) is 5.73 Å². The molecule has 3 rings (SSSR count). The van der Waals surface area contributed by atoms with E-state index in [2.05, 4.69) is 5.10 Å². The lowest BCUT2D eigenvalue weighted by Crippen LogP contribution is -2.08. The van der Waals surface area contributed by atoms with Crippen LogP contribution in [0.3, 0.4) is 0 Å². The largest absolute Gasteiger partial charge is 0.325 e. The number of benzene rings is 1. The molecule has 1 aliphatic rings. The third-order valence-electron chi connectivity index (χ3n) is 3.56. The molecule has 1 aromatic carbocycles. The van der Waals surface area contributed by atoms with Crippen LogP contribution in [0.2, 0.25) is 0 Å². The highest BCUT2D eigenvalue weighted by atomic mass is 19.1. The maximum atomic E-state index is 13.6. The maximum absolute atomic E-state index is 13.6. The van der Waals surface area contributed by atoms with Crippen LogP contribution in [-0.2, 0) is 25.9 Å². The molecular formula is C14H16FN3. The number of hydrogen-bond acceptors (Lipinski definition) is 2. The van der Waals surface area contributed by atoms with Crippen LogP contribution >= 0.6 is 0 Å². The Bertz CT molecular complexity index is 574. The van der Waals surface area contributed by atoms with E-state index in [-0.39, 0.29) is 5.82 Å². The van der Waals surface area contributed by atoms with E-state index >= 15 is 0 Å². The van der Waals surface area contributed by atoms with Crippen LogP contribution in [0.5, 0.6) is 0 Å². The Morgan fingerprint density at radius 1 is 1.28 bits per heavy atom. The average Bonchev–Trinajstić information content (AvgIpc) is 2.95. The molecule has 0 bridgehead atoms. The minimum absolute atomic E-state index is 0.172. The van der Waals surface area contributed by atoms with Crippen molar-refractivity contribution in [1.29, 1.82) is 0 Å². The lowest BCUT2D eigenvalue weighted by Gasteiger charge is -2.06. The van der Waals surface area contributed by atoms with Crippen LogP contribution in [0.4, 0.5) is 4.39 Å². The Morgan fingerprint density at radius 3 is 2.89 bits per heavy atom. The molecule has 0 amide bonds. The summed E-state index contributed by atoms with van der Waals surface area (Å²) < 4.78 is 15.6. The highest BCUT2D eigenvalue weighted by Crippen LogP contribution is 2.26. The van der Waals surface area contributed by atoms with Gasteiger partial charge in [-0.1, -0.05) is 18.2 Å². The van der Waals surface area contributed by atoms with Crippen LogP contribution in [-0.4, -0.2) is 9.78 Å². The van der Waals surface area contributed by atoms with Crippen molar-refractivity contribution in [3.8, 4) is 0 Å². The zero-order chi connectivity index (χ0) is 12.5. The summed E-state index contributed by atoms with van der Waals surface area (Å²) in [5.74, 6) is -0.172. The number of aromatic nitrogens is 2. The van der Waals surface area contributed by atoms with Gasteiger partial charge in [-0.3, -0.25) is 4.68 Å². The molecule has 0 fully saturated rings. The fraction of sp³-hybridized carbons (Fsp3) is 0.357. The molecule has 0 unspecified atom stereocenters. The first kappa shape index (κ1) is 11.4. The molecule has 0 radical (unpaired) electrons. The quantitative estimate of drug-likeness (QED) is 0.899. The van der Waals surface area contributed by atoms with Gasteiger partial charge < -0.3 is 5.73 Å². The van der Waals surface area contributed by atoms with Crippen molar-refractivity contribution in [3.63, 3.8) is 0 Å². The number of nitrogens with two attached hydrogens (primary N) is 1. The summed E-state index contributed by atoms with van der Waals surface area (Å²) >= 11 is 0. The third-order valence-corrected chi connectivity index (χ3v) is 3.56. The van der Waals surface area contributed by atoms with Gasteiger partial charge in [-0.25, -0.2) is 4.39 Å². The van der Waals surface area contributed by atoms with Gasteiger partial charge in [-0.05, 0) is 30.9 Å². The molecule has 2 aromatic rings. The second-order valence-corrected chi connectivity index (χ2v) is 4.68. The predicted molar refractivity (Wildman–Crippen MR) is 67.6 cm³/mol. The van der Waals surface area contributed by atoms with Crippen molar-refractivity contribution >= 4 is 0 Å². The van der Waals surface area contributed by atoms with Crippen LogP contribution < -0.4 is 5.73 Å². The first-order valence-corrected chi connectivity index (χ1v) is 6.30. The number of fused-ring (bicyclic) bond motifs is 1. The van der Waals surface area contributed by atoms with Gasteiger partial charge in [0.05, 0.1) is 12.2 Å². The lowest BCUT2D eigenvalue weighted by atomic mass is 10.2. The molecule has 0 saturated heterocycles. The van der Waals surface area contributed by atoms with Gasteiger partial charge in [0.25, 0.3) is 0 Å². The van der Waals surface area contributed by atoms with Crippen molar-refractivity contribution in [3.05, 3.63) is 52.6 Å². The van der Waals surface area contributed by atoms with Crippen LogP contribution in [0.15, 0.2) is 24.3 Å². The van der Waals surface area contributed by atoms with E-state index in [0.29, 0.717) is 18.7 Å². The number of hydrogen-bond donors (Lipinski definition) is 1. The van der Waals surface area contributed by atoms with E-state index in [1.807, 2.05) is 10.7 Å². The summed E-state index contributed by atoms with van der Waals surface area (Å²) in [7, 11) is 0. The summed E-state index contributed by atoms with van der Waals surface area (Å²) in [6, 6.07) is 6.85. The van der Waals surface area contributed by atoms with Crippen LogP contribution in [0.1, 0.15) is 28.9 Å². The SMILES string of the molecule is NCc1nn(Cc2ccccc2F)c2c1CCC2. The van der Waals surface area contributed by atoms with Crippen molar-refractivity contribution < 1.29 is 4.39 Å². The predicted octanol–water partition coefficient (Wildman–Crippen LogP) is 2.02. The Labute approximate surface area is 105 Å². The van der Waals surface area contributed by atoms with Crippen LogP contribution in [0, 0.1) is 5.82 Å². The normalized spacial score (nSPS) is 13.9. The Morgan fingerprint density at radius 2 is 2.11 bits per heavy atom. The minimum atomic E-state index is -0.172. The van der Waals surface area contributed by atoms with Gasteiger partial charge in [-0.2, -0.15) is 5.10 Å². The summed E-state index contributed by atoms with van der Waals surface area (Å²) in [5.41, 5.74) is 9.88. The van der Waals surface area contributed by atoms with E-state index in [1.165, 1.54) is 17.3 Å². The highest BCUT2D eigenvalue weighted by Gasteiger charge is 2.21. The maximum Gasteiger partial charge on any atom is 0.128 e. The summed E-state index contributed by atoms with van der Waals surface area (Å²) in [6.45, 7) is 0.960. The summed E-state index contributed by atoms with van der Waals surface area (Å²) in [6.07, 6.45) is 3.23. The molecule has 1 heterocycles. The molecule has 0 aliphatic heterocycles. The lowest BCUT2D eigenvalue weighted by molar-refractivity contribution is 0.572. The minimum Gasteiger partial charge on any atom is -0.325 e. The fourth-order valence-corrected chi connectivity index (χ4v) is 2.67. The summed E-state index contributed by atoms with van der Waals surface area (Å²) in [5, 5.41) is 4.51. The van der Waals surface area contributed by atoms with Gasteiger partial charge in [0, 0.05) is 17.8 Å².